The summed E-state index contributed by atoms with van der Waals surface area (Å²) >= 11 is 0. The van der Waals surface area contributed by atoms with Crippen molar-refractivity contribution in [3.8, 4) is 0 Å². The van der Waals surface area contributed by atoms with E-state index in [0.717, 1.165) is 24.9 Å². The van der Waals surface area contributed by atoms with Crippen LogP contribution in [0.5, 0.6) is 0 Å². The van der Waals surface area contributed by atoms with Gasteiger partial charge in [0.2, 0.25) is 0 Å². The fourth-order valence-corrected chi connectivity index (χ4v) is 2.78. The van der Waals surface area contributed by atoms with E-state index in [9.17, 15) is 8.78 Å². The predicted octanol–water partition coefficient (Wildman–Crippen LogP) is 3.76. The minimum atomic E-state index is -0.651. The number of nitrogens with zero attached hydrogens (tertiary/aromatic N) is 2. The Hall–Kier alpha value is -2.02. The highest BCUT2D eigenvalue weighted by Crippen LogP contribution is 2.37. The first kappa shape index (κ1) is 16.8. The third-order valence-electron chi connectivity index (χ3n) is 3.98. The average molecular weight is 333 g/mol. The molecule has 1 aliphatic rings. The smallest absolute Gasteiger partial charge is 0.152 e. The van der Waals surface area contributed by atoms with Crippen molar-refractivity contribution in [2.45, 2.75) is 19.4 Å². The molecule has 2 aromatic rings. The predicted molar refractivity (Wildman–Crippen MR) is 89.6 cm³/mol. The molecule has 128 valence electrons. The fraction of sp³-hybridized carbons (Fsp3) is 0.333. The van der Waals surface area contributed by atoms with Crippen LogP contribution in [0.3, 0.4) is 0 Å². The SMILES string of the molecule is CNCCCCN1Cc2ccccc2N(c2c(F)cccc2F)O1. The molecule has 0 radical (unpaired) electrons. The number of fused-ring (bicyclic) bond motifs is 1. The minimum Gasteiger partial charge on any atom is -0.320 e. The summed E-state index contributed by atoms with van der Waals surface area (Å²) in [6.45, 7) is 2.20. The Morgan fingerprint density at radius 1 is 1.04 bits per heavy atom. The summed E-state index contributed by atoms with van der Waals surface area (Å²) in [7, 11) is 1.91. The molecule has 0 saturated heterocycles. The number of rotatable bonds is 6. The molecule has 0 bridgehead atoms. The van der Waals surface area contributed by atoms with Gasteiger partial charge in [-0.05, 0) is 50.2 Å². The number of para-hydroxylation sites is 2. The van der Waals surface area contributed by atoms with Crippen molar-refractivity contribution in [1.29, 1.82) is 0 Å². The third-order valence-corrected chi connectivity index (χ3v) is 3.98. The number of unbranched alkanes of at least 4 members (excludes halogenated alkanes) is 1. The summed E-state index contributed by atoms with van der Waals surface area (Å²) < 4.78 is 28.4. The highest BCUT2D eigenvalue weighted by Gasteiger charge is 2.28. The Bertz CT molecular complexity index is 675. The molecular weight excluding hydrogens is 312 g/mol. The van der Waals surface area contributed by atoms with E-state index in [4.69, 9.17) is 4.94 Å². The van der Waals surface area contributed by atoms with E-state index >= 15 is 0 Å². The third kappa shape index (κ3) is 3.56. The van der Waals surface area contributed by atoms with E-state index in [0.29, 0.717) is 18.8 Å². The van der Waals surface area contributed by atoms with E-state index in [1.165, 1.54) is 23.3 Å². The Balaban J connectivity index is 1.87. The number of nitrogens with one attached hydrogen (secondary N) is 1. The van der Waals surface area contributed by atoms with Crippen LogP contribution >= 0.6 is 0 Å². The molecule has 0 saturated carbocycles. The van der Waals surface area contributed by atoms with Gasteiger partial charge < -0.3 is 5.32 Å². The molecule has 0 aliphatic carbocycles. The molecule has 0 spiro atoms. The molecule has 4 nitrogen and oxygen atoms in total. The van der Waals surface area contributed by atoms with Gasteiger partial charge in [-0.2, -0.15) is 15.1 Å². The van der Waals surface area contributed by atoms with Gasteiger partial charge in [0.1, 0.15) is 5.69 Å². The highest BCUT2D eigenvalue weighted by atomic mass is 19.1. The second-order valence-corrected chi connectivity index (χ2v) is 5.75. The topological polar surface area (TPSA) is 27.7 Å². The van der Waals surface area contributed by atoms with Crippen molar-refractivity contribution < 1.29 is 13.7 Å². The van der Waals surface area contributed by atoms with Crippen LogP contribution in [-0.2, 0) is 11.5 Å². The van der Waals surface area contributed by atoms with Gasteiger partial charge in [0.15, 0.2) is 11.6 Å². The summed E-state index contributed by atoms with van der Waals surface area (Å²) in [6.07, 6.45) is 1.93. The van der Waals surface area contributed by atoms with Crippen LogP contribution in [0.1, 0.15) is 18.4 Å². The van der Waals surface area contributed by atoms with Crippen molar-refractivity contribution in [2.75, 3.05) is 25.2 Å². The zero-order valence-electron chi connectivity index (χ0n) is 13.6. The van der Waals surface area contributed by atoms with Gasteiger partial charge in [-0.3, -0.25) is 0 Å². The van der Waals surface area contributed by atoms with Crippen molar-refractivity contribution >= 4 is 11.4 Å². The van der Waals surface area contributed by atoms with Crippen molar-refractivity contribution in [3.05, 3.63) is 59.7 Å². The zero-order valence-corrected chi connectivity index (χ0v) is 13.6. The van der Waals surface area contributed by atoms with E-state index < -0.39 is 11.6 Å². The van der Waals surface area contributed by atoms with Crippen molar-refractivity contribution in [2.24, 2.45) is 0 Å². The number of hydrogen-bond acceptors (Lipinski definition) is 4. The first-order chi connectivity index (χ1) is 11.7. The molecule has 1 N–H and O–H groups in total. The fourth-order valence-electron chi connectivity index (χ4n) is 2.78. The Labute approximate surface area is 140 Å². The maximum absolute atomic E-state index is 14.2. The summed E-state index contributed by atoms with van der Waals surface area (Å²) in [5.41, 5.74) is 1.44. The molecule has 1 heterocycles. The Morgan fingerprint density at radius 2 is 1.79 bits per heavy atom. The van der Waals surface area contributed by atoms with Crippen LogP contribution in [0, 0.1) is 11.6 Å². The van der Waals surface area contributed by atoms with Crippen LogP contribution in [0.15, 0.2) is 42.5 Å². The van der Waals surface area contributed by atoms with Crippen molar-refractivity contribution in [3.63, 3.8) is 0 Å². The summed E-state index contributed by atoms with van der Waals surface area (Å²) in [4.78, 5) is 5.81. The number of hydroxylamine groups is 2. The molecule has 0 amide bonds. The molecule has 0 unspecified atom stereocenters. The molecule has 24 heavy (non-hydrogen) atoms. The molecule has 0 fully saturated rings. The van der Waals surface area contributed by atoms with Gasteiger partial charge in [0, 0.05) is 6.54 Å². The lowest BCUT2D eigenvalue weighted by atomic mass is 10.1. The summed E-state index contributed by atoms with van der Waals surface area (Å²) in [6, 6.07) is 11.3. The lowest BCUT2D eigenvalue weighted by molar-refractivity contribution is -0.177. The number of halogens is 2. The summed E-state index contributed by atoms with van der Waals surface area (Å²) in [5, 5.41) is 6.09. The van der Waals surface area contributed by atoms with Gasteiger partial charge in [-0.1, -0.05) is 24.3 Å². The number of hydrogen-bond donors (Lipinski definition) is 1. The maximum atomic E-state index is 14.2. The number of benzene rings is 2. The normalized spacial score (nSPS) is 14.7. The Morgan fingerprint density at radius 3 is 2.54 bits per heavy atom. The molecule has 3 rings (SSSR count). The monoisotopic (exact) mass is 333 g/mol. The molecular formula is C18H21F2N3O. The maximum Gasteiger partial charge on any atom is 0.152 e. The standard InChI is InChI=1S/C18H21F2N3O/c1-21-11-4-5-12-22-13-14-7-2-3-10-17(14)23(24-22)18-15(19)8-6-9-16(18)20/h2-3,6-10,21H,4-5,11-13H2,1H3. The van der Waals surface area contributed by atoms with Crippen LogP contribution < -0.4 is 10.4 Å². The lowest BCUT2D eigenvalue weighted by Gasteiger charge is -2.36. The molecule has 0 aromatic heterocycles. The van der Waals surface area contributed by atoms with Gasteiger partial charge in [-0.15, -0.1) is 0 Å². The van der Waals surface area contributed by atoms with Crippen LogP contribution in [0.2, 0.25) is 0 Å². The van der Waals surface area contributed by atoms with Crippen molar-refractivity contribution in [1.82, 2.24) is 10.4 Å². The second-order valence-electron chi connectivity index (χ2n) is 5.75. The molecule has 0 atom stereocenters. The van der Waals surface area contributed by atoms with Gasteiger partial charge in [0.25, 0.3) is 0 Å². The van der Waals surface area contributed by atoms with Crippen LogP contribution in [-0.4, -0.2) is 25.2 Å². The second kappa shape index (κ2) is 7.70. The van der Waals surface area contributed by atoms with E-state index in [1.807, 2.05) is 25.2 Å². The molecule has 1 aliphatic heterocycles. The zero-order chi connectivity index (χ0) is 16.9. The first-order valence-corrected chi connectivity index (χ1v) is 8.10. The lowest BCUT2D eigenvalue weighted by Crippen LogP contribution is -2.38. The largest absolute Gasteiger partial charge is 0.320 e. The summed E-state index contributed by atoms with van der Waals surface area (Å²) in [5.74, 6) is -1.30. The van der Waals surface area contributed by atoms with Gasteiger partial charge >= 0.3 is 0 Å². The van der Waals surface area contributed by atoms with Gasteiger partial charge in [-0.25, -0.2) is 8.78 Å². The van der Waals surface area contributed by atoms with Gasteiger partial charge in [0.05, 0.1) is 12.2 Å². The minimum absolute atomic E-state index is 0.190. The molecule has 2 aromatic carbocycles. The molecule has 6 heteroatoms. The van der Waals surface area contributed by atoms with Crippen LogP contribution in [0.4, 0.5) is 20.2 Å². The van der Waals surface area contributed by atoms with Crippen LogP contribution in [0.25, 0.3) is 0 Å². The van der Waals surface area contributed by atoms with E-state index in [1.54, 1.807) is 11.1 Å². The first-order valence-electron chi connectivity index (χ1n) is 8.10. The van der Waals surface area contributed by atoms with E-state index in [2.05, 4.69) is 5.32 Å². The highest BCUT2D eigenvalue weighted by molar-refractivity contribution is 5.65. The average Bonchev–Trinajstić information content (AvgIpc) is 2.58. The quantitative estimate of drug-likeness (QED) is 0.815. The Kier molecular flexibility index (Phi) is 5.40. The number of anilines is 2. The van der Waals surface area contributed by atoms with E-state index in [-0.39, 0.29) is 5.69 Å².